The Labute approximate surface area is 143 Å². The smallest absolute Gasteiger partial charge is 0.222 e. The number of methoxy groups -OCH3 is 1. The lowest BCUT2D eigenvalue weighted by Crippen LogP contribution is -2.33. The lowest BCUT2D eigenvalue weighted by atomic mass is 10.2. The summed E-state index contributed by atoms with van der Waals surface area (Å²) in [4.78, 5) is 14.0. The van der Waals surface area contributed by atoms with E-state index in [2.05, 4.69) is 0 Å². The summed E-state index contributed by atoms with van der Waals surface area (Å²) in [6.07, 6.45) is 0.349. The molecule has 0 aliphatic carbocycles. The number of benzene rings is 1. The highest BCUT2D eigenvalue weighted by Gasteiger charge is 2.15. The number of carbonyl (C=O) groups is 1. The summed E-state index contributed by atoms with van der Waals surface area (Å²) in [5, 5.41) is 4.96. The van der Waals surface area contributed by atoms with Gasteiger partial charge in [0.05, 0.1) is 19.0 Å². The average Bonchev–Trinajstić information content (AvgIpc) is 2.52. The fraction of sp³-hybridized carbons (Fsp3) is 0.562. The molecule has 0 fully saturated rings. The minimum atomic E-state index is -3.54. The number of carbonyl (C=O) groups excluding carboxylic acids is 1. The van der Waals surface area contributed by atoms with Crippen LogP contribution in [0.15, 0.2) is 24.3 Å². The molecular weight excluding hydrogens is 332 g/mol. The zero-order chi connectivity index (χ0) is 18.0. The summed E-state index contributed by atoms with van der Waals surface area (Å²) in [6, 6.07) is 7.53. The van der Waals surface area contributed by atoms with E-state index in [4.69, 9.17) is 14.6 Å². The van der Waals surface area contributed by atoms with E-state index >= 15 is 0 Å². The van der Waals surface area contributed by atoms with Gasteiger partial charge in [0, 0.05) is 26.6 Å². The van der Waals surface area contributed by atoms with Crippen LogP contribution in [0.3, 0.4) is 0 Å². The van der Waals surface area contributed by atoms with E-state index in [1.165, 1.54) is 0 Å². The largest absolute Gasteiger partial charge is 0.494 e. The highest BCUT2D eigenvalue weighted by molar-refractivity contribution is 7.89. The van der Waals surface area contributed by atoms with Crippen LogP contribution >= 0.6 is 0 Å². The first kappa shape index (κ1) is 20.4. The van der Waals surface area contributed by atoms with Gasteiger partial charge in [0.1, 0.15) is 5.75 Å². The lowest BCUT2D eigenvalue weighted by Gasteiger charge is -2.22. The van der Waals surface area contributed by atoms with Crippen LogP contribution < -0.4 is 9.88 Å². The number of nitrogens with two attached hydrogens (primary N) is 1. The SMILES string of the molecule is CCOc1ccc(CN(CCOC)C(=O)CCCS(N)(=O)=O)cc1. The molecule has 24 heavy (non-hydrogen) atoms. The molecule has 0 aromatic heterocycles. The number of hydrogen-bond acceptors (Lipinski definition) is 5. The van der Waals surface area contributed by atoms with Crippen LogP contribution in [0.25, 0.3) is 0 Å². The number of rotatable bonds is 11. The van der Waals surface area contributed by atoms with Gasteiger partial charge in [0.2, 0.25) is 15.9 Å². The van der Waals surface area contributed by atoms with Crippen LogP contribution in [0.5, 0.6) is 5.75 Å². The number of amides is 1. The average molecular weight is 358 g/mol. The molecule has 0 heterocycles. The number of ether oxygens (including phenoxy) is 2. The van der Waals surface area contributed by atoms with Crippen molar-refractivity contribution in [1.29, 1.82) is 0 Å². The van der Waals surface area contributed by atoms with Crippen molar-refractivity contribution in [3.05, 3.63) is 29.8 Å². The van der Waals surface area contributed by atoms with Gasteiger partial charge < -0.3 is 14.4 Å². The second kappa shape index (κ2) is 10.3. The number of sulfonamides is 1. The van der Waals surface area contributed by atoms with Gasteiger partial charge in [-0.15, -0.1) is 0 Å². The van der Waals surface area contributed by atoms with E-state index in [0.717, 1.165) is 11.3 Å². The van der Waals surface area contributed by atoms with Crippen LogP contribution in [0, 0.1) is 0 Å². The Hall–Kier alpha value is -1.64. The molecular formula is C16H26N2O5S. The van der Waals surface area contributed by atoms with Gasteiger partial charge in [-0.1, -0.05) is 12.1 Å². The van der Waals surface area contributed by atoms with Crippen LogP contribution in [0.2, 0.25) is 0 Å². The number of primary sulfonamides is 1. The second-order valence-electron chi connectivity index (χ2n) is 5.36. The summed E-state index contributed by atoms with van der Waals surface area (Å²) in [5.74, 6) is 0.466. The molecule has 8 heteroatoms. The highest BCUT2D eigenvalue weighted by atomic mass is 32.2. The minimum Gasteiger partial charge on any atom is -0.494 e. The quantitative estimate of drug-likeness (QED) is 0.639. The van der Waals surface area contributed by atoms with E-state index in [1.807, 2.05) is 31.2 Å². The molecule has 2 N–H and O–H groups in total. The maximum atomic E-state index is 12.3. The number of nitrogens with zero attached hydrogens (tertiary/aromatic N) is 1. The normalized spacial score (nSPS) is 11.3. The van der Waals surface area contributed by atoms with Crippen LogP contribution in [0.1, 0.15) is 25.3 Å². The standard InChI is InChI=1S/C16H26N2O5S/c1-3-23-15-8-6-14(7-9-15)13-18(10-11-22-2)16(19)5-4-12-24(17,20)21/h6-9H,3-5,10-13H2,1-2H3,(H2,17,20,21). The van der Waals surface area contributed by atoms with Gasteiger partial charge in [-0.25, -0.2) is 13.6 Å². The molecule has 0 unspecified atom stereocenters. The van der Waals surface area contributed by atoms with E-state index in [1.54, 1.807) is 12.0 Å². The fourth-order valence-electron chi connectivity index (χ4n) is 2.15. The molecule has 0 radical (unpaired) electrons. The zero-order valence-electron chi connectivity index (χ0n) is 14.2. The predicted molar refractivity (Wildman–Crippen MR) is 92.1 cm³/mol. The van der Waals surface area contributed by atoms with Gasteiger partial charge >= 0.3 is 0 Å². The molecule has 0 bridgehead atoms. The van der Waals surface area contributed by atoms with Crippen molar-refractivity contribution >= 4 is 15.9 Å². The molecule has 0 saturated heterocycles. The first-order chi connectivity index (χ1) is 11.4. The highest BCUT2D eigenvalue weighted by Crippen LogP contribution is 2.14. The lowest BCUT2D eigenvalue weighted by molar-refractivity contribution is -0.132. The van der Waals surface area contributed by atoms with Crippen molar-refractivity contribution in [3.63, 3.8) is 0 Å². The maximum Gasteiger partial charge on any atom is 0.222 e. The molecule has 0 saturated carbocycles. The Balaban J connectivity index is 2.64. The molecule has 1 aromatic rings. The molecule has 1 aromatic carbocycles. The maximum absolute atomic E-state index is 12.3. The molecule has 1 rings (SSSR count). The fourth-order valence-corrected chi connectivity index (χ4v) is 2.70. The van der Waals surface area contributed by atoms with Crippen molar-refractivity contribution in [2.45, 2.75) is 26.3 Å². The topological polar surface area (TPSA) is 98.9 Å². The predicted octanol–water partition coefficient (Wildman–Crippen LogP) is 1.13. The Morgan fingerprint density at radius 1 is 1.25 bits per heavy atom. The zero-order valence-corrected chi connectivity index (χ0v) is 15.0. The first-order valence-corrected chi connectivity index (χ1v) is 9.56. The molecule has 0 atom stereocenters. The van der Waals surface area contributed by atoms with E-state index in [0.29, 0.717) is 26.3 Å². The molecule has 7 nitrogen and oxygen atoms in total. The van der Waals surface area contributed by atoms with Crippen molar-refractivity contribution in [2.75, 3.05) is 32.6 Å². The van der Waals surface area contributed by atoms with Crippen LogP contribution in [0.4, 0.5) is 0 Å². The van der Waals surface area contributed by atoms with Gasteiger partial charge in [-0.3, -0.25) is 4.79 Å². The summed E-state index contributed by atoms with van der Waals surface area (Å²) >= 11 is 0. The van der Waals surface area contributed by atoms with Crippen molar-refractivity contribution in [1.82, 2.24) is 4.90 Å². The van der Waals surface area contributed by atoms with Crippen LogP contribution in [-0.4, -0.2) is 51.8 Å². The third-order valence-electron chi connectivity index (χ3n) is 3.35. The van der Waals surface area contributed by atoms with E-state index in [9.17, 15) is 13.2 Å². The molecule has 1 amide bonds. The van der Waals surface area contributed by atoms with Crippen molar-refractivity contribution in [3.8, 4) is 5.75 Å². The summed E-state index contributed by atoms with van der Waals surface area (Å²) in [6.45, 7) is 3.81. The second-order valence-corrected chi connectivity index (χ2v) is 7.09. The summed E-state index contributed by atoms with van der Waals surface area (Å²) in [5.41, 5.74) is 0.967. The minimum absolute atomic E-state index is 0.121. The first-order valence-electron chi connectivity index (χ1n) is 7.84. The third kappa shape index (κ3) is 8.28. The Kier molecular flexibility index (Phi) is 8.73. The van der Waals surface area contributed by atoms with E-state index < -0.39 is 10.0 Å². The summed E-state index contributed by atoms with van der Waals surface area (Å²) < 4.78 is 32.3. The number of hydrogen-bond donors (Lipinski definition) is 1. The monoisotopic (exact) mass is 358 g/mol. The van der Waals surface area contributed by atoms with Gasteiger partial charge in [0.15, 0.2) is 0 Å². The molecule has 0 spiro atoms. The van der Waals surface area contributed by atoms with Crippen molar-refractivity contribution in [2.24, 2.45) is 5.14 Å². The van der Waals surface area contributed by atoms with Gasteiger partial charge in [-0.05, 0) is 31.0 Å². The Morgan fingerprint density at radius 3 is 2.46 bits per heavy atom. The van der Waals surface area contributed by atoms with Gasteiger partial charge in [-0.2, -0.15) is 0 Å². The van der Waals surface area contributed by atoms with Crippen LogP contribution in [-0.2, 0) is 26.1 Å². The Bertz CT molecular complexity index is 601. The van der Waals surface area contributed by atoms with Crippen molar-refractivity contribution < 1.29 is 22.7 Å². The molecule has 0 aliphatic rings. The molecule has 0 aliphatic heterocycles. The van der Waals surface area contributed by atoms with Gasteiger partial charge in [0.25, 0.3) is 0 Å². The third-order valence-corrected chi connectivity index (χ3v) is 4.20. The Morgan fingerprint density at radius 2 is 1.92 bits per heavy atom. The molecule has 136 valence electrons. The van der Waals surface area contributed by atoms with E-state index in [-0.39, 0.29) is 24.5 Å². The summed E-state index contributed by atoms with van der Waals surface area (Å²) in [7, 11) is -1.97.